The summed E-state index contributed by atoms with van der Waals surface area (Å²) in [5.74, 6) is -2.54. The molecule has 12 heteroatoms. The molecule has 7 nitrogen and oxygen atoms in total. The fourth-order valence-electron chi connectivity index (χ4n) is 4.39. The highest BCUT2D eigenvalue weighted by Crippen LogP contribution is 2.30. The molecule has 0 saturated heterocycles. The highest BCUT2D eigenvalue weighted by molar-refractivity contribution is 5.93. The first kappa shape index (κ1) is 29.1. The second-order valence-corrected chi connectivity index (χ2v) is 9.51. The quantitative estimate of drug-likeness (QED) is 0.250. The van der Waals surface area contributed by atoms with Crippen molar-refractivity contribution in [3.63, 3.8) is 0 Å². The number of nitrogens with zero attached hydrogens (tertiary/aromatic N) is 3. The van der Waals surface area contributed by atoms with Crippen LogP contribution in [0, 0.1) is 18.6 Å². The number of hydrogen-bond acceptors (Lipinski definition) is 5. The predicted octanol–water partition coefficient (Wildman–Crippen LogP) is 4.39. The van der Waals surface area contributed by atoms with Crippen LogP contribution >= 0.6 is 0 Å². The number of halogens is 5. The number of aliphatic hydroxyl groups excluding tert-OH is 1. The fraction of sp³-hybridized carbons (Fsp3) is 0.321. The molecule has 0 aliphatic carbocycles. The van der Waals surface area contributed by atoms with Crippen molar-refractivity contribution < 1.29 is 31.9 Å². The van der Waals surface area contributed by atoms with Crippen molar-refractivity contribution in [3.8, 4) is 0 Å². The topological polar surface area (TPSA) is 91.5 Å². The van der Waals surface area contributed by atoms with Gasteiger partial charge in [-0.15, -0.1) is 0 Å². The van der Waals surface area contributed by atoms with Crippen LogP contribution in [-0.4, -0.2) is 44.3 Å². The van der Waals surface area contributed by atoms with Crippen molar-refractivity contribution in [2.24, 2.45) is 0 Å². The number of carbonyl (C=O) groups excluding carboxylic acids is 1. The molecule has 4 rings (SSSR count). The summed E-state index contributed by atoms with van der Waals surface area (Å²) in [6, 6.07) is 11.5. The van der Waals surface area contributed by atoms with Gasteiger partial charge in [-0.25, -0.2) is 18.3 Å². The van der Waals surface area contributed by atoms with Crippen LogP contribution in [0.1, 0.15) is 45.5 Å². The molecule has 0 unspecified atom stereocenters. The normalized spacial score (nSPS) is 13.4. The largest absolute Gasteiger partial charge is 0.433 e. The van der Waals surface area contributed by atoms with Crippen LogP contribution in [0.4, 0.5) is 22.0 Å². The van der Waals surface area contributed by atoms with E-state index in [2.05, 4.69) is 20.7 Å². The highest BCUT2D eigenvalue weighted by atomic mass is 19.4. The zero-order chi connectivity index (χ0) is 29.0. The average molecular weight is 562 g/mol. The van der Waals surface area contributed by atoms with Crippen LogP contribution < -0.4 is 10.6 Å². The predicted molar refractivity (Wildman–Crippen MR) is 138 cm³/mol. The summed E-state index contributed by atoms with van der Waals surface area (Å²) in [6.45, 7) is 3.84. The molecule has 212 valence electrons. The van der Waals surface area contributed by atoms with Crippen molar-refractivity contribution in [1.82, 2.24) is 25.2 Å². The van der Waals surface area contributed by atoms with Gasteiger partial charge in [-0.3, -0.25) is 4.79 Å². The van der Waals surface area contributed by atoms with Crippen LogP contribution in [0.25, 0.3) is 5.65 Å². The molecule has 4 aromatic rings. The van der Waals surface area contributed by atoms with Crippen LogP contribution in [0.3, 0.4) is 0 Å². The lowest BCUT2D eigenvalue weighted by Gasteiger charge is -2.24. The van der Waals surface area contributed by atoms with E-state index in [9.17, 15) is 31.9 Å². The maximum atomic E-state index is 13.8. The third kappa shape index (κ3) is 7.19. The van der Waals surface area contributed by atoms with E-state index < -0.39 is 41.6 Å². The molecule has 0 spiro atoms. The number of amides is 1. The van der Waals surface area contributed by atoms with Gasteiger partial charge in [0.05, 0.1) is 12.1 Å². The van der Waals surface area contributed by atoms with Crippen LogP contribution in [0.15, 0.2) is 54.6 Å². The minimum atomic E-state index is -4.74. The lowest BCUT2D eigenvalue weighted by molar-refractivity contribution is -0.142. The Labute approximate surface area is 227 Å². The van der Waals surface area contributed by atoms with E-state index in [1.165, 1.54) is 6.92 Å². The number of alkyl halides is 3. The van der Waals surface area contributed by atoms with E-state index in [0.29, 0.717) is 17.1 Å². The van der Waals surface area contributed by atoms with E-state index in [-0.39, 0.29) is 35.6 Å². The molecular weight excluding hydrogens is 533 g/mol. The van der Waals surface area contributed by atoms with E-state index in [1.807, 2.05) is 31.2 Å². The maximum Gasteiger partial charge on any atom is 0.433 e. The van der Waals surface area contributed by atoms with Crippen LogP contribution in [0.2, 0.25) is 0 Å². The lowest BCUT2D eigenvalue weighted by Crippen LogP contribution is -2.48. The number of carbonyl (C=O) groups is 1. The van der Waals surface area contributed by atoms with Gasteiger partial charge in [-0.1, -0.05) is 31.2 Å². The first-order valence-corrected chi connectivity index (χ1v) is 12.6. The van der Waals surface area contributed by atoms with Crippen LogP contribution in [0.5, 0.6) is 0 Å². The van der Waals surface area contributed by atoms with Crippen molar-refractivity contribution in [2.45, 2.75) is 51.6 Å². The molecule has 1 amide bonds. The van der Waals surface area contributed by atoms with Gasteiger partial charge in [0.2, 0.25) is 0 Å². The Hall–Kier alpha value is -3.90. The Morgan fingerprint density at radius 2 is 1.73 bits per heavy atom. The van der Waals surface area contributed by atoms with E-state index in [4.69, 9.17) is 0 Å². The Morgan fingerprint density at radius 1 is 1.02 bits per heavy atom. The summed E-state index contributed by atoms with van der Waals surface area (Å²) in [5.41, 5.74) is 0.731. The van der Waals surface area contributed by atoms with E-state index in [1.54, 1.807) is 0 Å². The van der Waals surface area contributed by atoms with Gasteiger partial charge in [-0.2, -0.15) is 18.3 Å². The van der Waals surface area contributed by atoms with Crippen LogP contribution in [-0.2, 0) is 25.6 Å². The molecule has 2 atom stereocenters. The average Bonchev–Trinajstić information content (AvgIpc) is 3.30. The standard InChI is InChI=1S/C28H28F5N5O2/c1-3-17-5-4-6-18(8-17)14-34-15-24(39)22(11-19-9-20(29)12-21(30)10-19)36-27(40)23-13-26-35-16(2)7-25(28(31,32)33)38(26)37-23/h4-10,12-13,22,24,34,39H,3,11,14-15H2,1-2H3,(H,36,40)/t22-,24-/m0/s1. The monoisotopic (exact) mass is 561 g/mol. The fourth-order valence-corrected chi connectivity index (χ4v) is 4.39. The zero-order valence-corrected chi connectivity index (χ0v) is 21.8. The number of hydrogen-bond donors (Lipinski definition) is 3. The first-order valence-electron chi connectivity index (χ1n) is 12.6. The zero-order valence-electron chi connectivity index (χ0n) is 21.8. The van der Waals surface area contributed by atoms with Gasteiger partial charge < -0.3 is 15.7 Å². The lowest BCUT2D eigenvalue weighted by atomic mass is 10.00. The third-order valence-electron chi connectivity index (χ3n) is 6.32. The number of nitrogens with one attached hydrogen (secondary N) is 2. The number of benzene rings is 2. The summed E-state index contributed by atoms with van der Waals surface area (Å²) in [6.07, 6.45) is -5.27. The molecule has 0 saturated carbocycles. The number of aryl methyl sites for hydroxylation is 2. The second-order valence-electron chi connectivity index (χ2n) is 9.51. The summed E-state index contributed by atoms with van der Waals surface area (Å²) in [7, 11) is 0. The first-order chi connectivity index (χ1) is 18.9. The van der Waals surface area contributed by atoms with Crippen molar-refractivity contribution in [2.75, 3.05) is 6.54 Å². The molecule has 0 bridgehead atoms. The molecule has 2 aromatic carbocycles. The number of aliphatic hydroxyl groups is 1. The number of fused-ring (bicyclic) bond motifs is 1. The SMILES string of the molecule is CCc1cccc(CNC[C@H](O)[C@H](Cc2cc(F)cc(F)c2)NC(=O)c2cc3nc(C)cc(C(F)(F)F)n3n2)c1. The number of rotatable bonds is 10. The second kappa shape index (κ2) is 12.1. The molecular formula is C28H28F5N5O2. The molecule has 2 heterocycles. The molecule has 2 aromatic heterocycles. The highest BCUT2D eigenvalue weighted by Gasteiger charge is 2.35. The summed E-state index contributed by atoms with van der Waals surface area (Å²) < 4.78 is 68.8. The molecule has 40 heavy (non-hydrogen) atoms. The van der Waals surface area contributed by atoms with Crippen molar-refractivity contribution >= 4 is 11.6 Å². The molecule has 0 fully saturated rings. The smallest absolute Gasteiger partial charge is 0.390 e. The van der Waals surface area contributed by atoms with Gasteiger partial charge in [0.25, 0.3) is 5.91 Å². The van der Waals surface area contributed by atoms with Gasteiger partial charge in [0.15, 0.2) is 11.3 Å². The number of aromatic nitrogens is 3. The van der Waals surface area contributed by atoms with E-state index in [0.717, 1.165) is 41.8 Å². The van der Waals surface area contributed by atoms with Gasteiger partial charge in [0, 0.05) is 30.9 Å². The summed E-state index contributed by atoms with van der Waals surface area (Å²) in [4.78, 5) is 17.1. The Morgan fingerprint density at radius 3 is 2.40 bits per heavy atom. The summed E-state index contributed by atoms with van der Waals surface area (Å²) >= 11 is 0. The maximum absolute atomic E-state index is 13.8. The van der Waals surface area contributed by atoms with Gasteiger partial charge in [0.1, 0.15) is 17.3 Å². The minimum absolute atomic E-state index is 0.00321. The molecule has 3 N–H and O–H groups in total. The van der Waals surface area contributed by atoms with Crippen molar-refractivity contribution in [3.05, 3.63) is 100 Å². The van der Waals surface area contributed by atoms with Gasteiger partial charge in [-0.05, 0) is 54.7 Å². The minimum Gasteiger partial charge on any atom is -0.390 e. The molecule has 0 aliphatic rings. The molecule has 0 radical (unpaired) electrons. The summed E-state index contributed by atoms with van der Waals surface area (Å²) in [5, 5.41) is 20.4. The Kier molecular flexibility index (Phi) is 8.79. The third-order valence-corrected chi connectivity index (χ3v) is 6.32. The Balaban J connectivity index is 1.55. The molecule has 0 aliphatic heterocycles. The Bertz CT molecular complexity index is 1480. The van der Waals surface area contributed by atoms with Crippen molar-refractivity contribution in [1.29, 1.82) is 0 Å². The van der Waals surface area contributed by atoms with E-state index >= 15 is 0 Å². The van der Waals surface area contributed by atoms with Gasteiger partial charge >= 0.3 is 6.18 Å².